The molecule has 7 heteroatoms. The first-order valence-corrected chi connectivity index (χ1v) is 10.3. The first kappa shape index (κ1) is 19.4. The fourth-order valence-corrected chi connectivity index (χ4v) is 4.29. The van der Waals surface area contributed by atoms with Gasteiger partial charge in [-0.05, 0) is 43.9 Å². The Kier molecular flexibility index (Phi) is 5.56. The number of carbonyl (C=O) groups is 2. The average Bonchev–Trinajstić information content (AvgIpc) is 2.86. The molecule has 1 unspecified atom stereocenters. The van der Waals surface area contributed by atoms with Gasteiger partial charge in [0, 0.05) is 11.7 Å². The van der Waals surface area contributed by atoms with Gasteiger partial charge in [0.2, 0.25) is 11.8 Å². The van der Waals surface area contributed by atoms with Crippen LogP contribution < -0.4 is 10.6 Å². The van der Waals surface area contributed by atoms with E-state index in [0.29, 0.717) is 18.0 Å². The third-order valence-corrected chi connectivity index (χ3v) is 6.31. The Labute approximate surface area is 149 Å². The molecule has 6 nitrogen and oxygen atoms in total. The molecule has 0 aliphatic carbocycles. The zero-order chi connectivity index (χ0) is 18.8. The largest absolute Gasteiger partial charge is 0.351 e. The predicted octanol–water partition coefficient (Wildman–Crippen LogP) is 2.08. The topological polar surface area (TPSA) is 92.3 Å². The summed E-state index contributed by atoms with van der Waals surface area (Å²) in [5.74, 6) is -0.483. The Morgan fingerprint density at radius 3 is 2.20 bits per heavy atom. The Hall–Kier alpha value is -1.89. The number of anilines is 1. The monoisotopic (exact) mass is 366 g/mol. The lowest BCUT2D eigenvalue weighted by Gasteiger charge is -2.24. The van der Waals surface area contributed by atoms with Crippen LogP contribution in [0.15, 0.2) is 24.3 Å². The van der Waals surface area contributed by atoms with Crippen LogP contribution in [0.4, 0.5) is 5.69 Å². The van der Waals surface area contributed by atoms with Crippen LogP contribution in [0.2, 0.25) is 0 Å². The van der Waals surface area contributed by atoms with Gasteiger partial charge >= 0.3 is 0 Å². The van der Waals surface area contributed by atoms with Crippen LogP contribution in [-0.2, 0) is 19.4 Å². The van der Waals surface area contributed by atoms with Crippen LogP contribution in [0.5, 0.6) is 0 Å². The molecule has 2 rings (SSSR count). The van der Waals surface area contributed by atoms with Crippen LogP contribution in [-0.4, -0.2) is 37.8 Å². The number of amides is 2. The molecule has 0 spiro atoms. The highest BCUT2D eigenvalue weighted by atomic mass is 32.2. The van der Waals surface area contributed by atoms with Gasteiger partial charge in [0.1, 0.15) is 5.41 Å². The number of hydrogen-bond donors (Lipinski definition) is 2. The van der Waals surface area contributed by atoms with E-state index in [1.165, 1.54) is 13.8 Å². The lowest BCUT2D eigenvalue weighted by Crippen LogP contribution is -2.48. The summed E-state index contributed by atoms with van der Waals surface area (Å²) >= 11 is 0. The Bertz CT molecular complexity index is 752. The molecule has 0 radical (unpaired) electrons. The van der Waals surface area contributed by atoms with Gasteiger partial charge in [-0.3, -0.25) is 9.59 Å². The maximum Gasteiger partial charge on any atom is 0.239 e. The molecule has 1 aromatic carbocycles. The third kappa shape index (κ3) is 4.81. The van der Waals surface area contributed by atoms with E-state index < -0.39 is 33.1 Å². The van der Waals surface area contributed by atoms with Gasteiger partial charge in [-0.2, -0.15) is 0 Å². The number of rotatable bonds is 5. The molecule has 1 aromatic rings. The predicted molar refractivity (Wildman–Crippen MR) is 98.1 cm³/mol. The van der Waals surface area contributed by atoms with Crippen LogP contribution in [0.3, 0.4) is 0 Å². The van der Waals surface area contributed by atoms with Crippen LogP contribution in [0, 0.1) is 5.41 Å². The highest BCUT2D eigenvalue weighted by molar-refractivity contribution is 7.91. The molecule has 1 atom stereocenters. The molecule has 1 fully saturated rings. The smallest absolute Gasteiger partial charge is 0.239 e. The Morgan fingerprint density at radius 2 is 1.72 bits per heavy atom. The first-order chi connectivity index (χ1) is 11.5. The van der Waals surface area contributed by atoms with E-state index in [4.69, 9.17) is 0 Å². The average molecular weight is 366 g/mol. The second-order valence-corrected chi connectivity index (χ2v) is 9.66. The van der Waals surface area contributed by atoms with Crippen molar-refractivity contribution in [2.45, 2.75) is 46.1 Å². The van der Waals surface area contributed by atoms with Crippen molar-refractivity contribution < 1.29 is 18.0 Å². The molecule has 0 saturated carbocycles. The van der Waals surface area contributed by atoms with Gasteiger partial charge in [0.15, 0.2) is 9.84 Å². The standard InChI is InChI=1S/C18H26N2O4S/c1-12(2)13-5-7-14(8-6-13)19-16(21)18(3,4)17(22)20-15-9-10-25(23,24)11-15/h5-8,12,15H,9-11H2,1-4H3,(H,19,21)(H,20,22). The molecule has 0 bridgehead atoms. The number of nitrogens with one attached hydrogen (secondary N) is 2. The van der Waals surface area contributed by atoms with Gasteiger partial charge in [-0.1, -0.05) is 26.0 Å². The lowest BCUT2D eigenvalue weighted by molar-refractivity contribution is -0.138. The van der Waals surface area contributed by atoms with E-state index in [2.05, 4.69) is 24.5 Å². The summed E-state index contributed by atoms with van der Waals surface area (Å²) in [7, 11) is -3.08. The lowest BCUT2D eigenvalue weighted by atomic mass is 9.90. The molecule has 1 saturated heterocycles. The molecular weight excluding hydrogens is 340 g/mol. The minimum absolute atomic E-state index is 0.0624. The summed E-state index contributed by atoms with van der Waals surface area (Å²) in [6.07, 6.45) is 0.391. The first-order valence-electron chi connectivity index (χ1n) is 8.44. The van der Waals surface area contributed by atoms with E-state index in [1.54, 1.807) is 0 Å². The molecule has 2 amide bonds. The number of benzene rings is 1. The van der Waals surface area contributed by atoms with Gasteiger partial charge < -0.3 is 10.6 Å². The highest BCUT2D eigenvalue weighted by Gasteiger charge is 2.39. The van der Waals surface area contributed by atoms with Crippen molar-refractivity contribution in [2.24, 2.45) is 5.41 Å². The molecule has 1 heterocycles. The highest BCUT2D eigenvalue weighted by Crippen LogP contribution is 2.22. The normalized spacial score (nSPS) is 19.6. The van der Waals surface area contributed by atoms with Crippen molar-refractivity contribution in [2.75, 3.05) is 16.8 Å². The maximum absolute atomic E-state index is 12.5. The number of sulfone groups is 1. The summed E-state index contributed by atoms with van der Waals surface area (Å²) in [6.45, 7) is 7.24. The zero-order valence-corrected chi connectivity index (χ0v) is 15.9. The van der Waals surface area contributed by atoms with E-state index in [0.717, 1.165) is 5.56 Å². The molecule has 0 aromatic heterocycles. The van der Waals surface area contributed by atoms with Crippen molar-refractivity contribution >= 4 is 27.3 Å². The minimum atomic E-state index is -3.08. The van der Waals surface area contributed by atoms with Gasteiger partial charge in [-0.15, -0.1) is 0 Å². The molecular formula is C18H26N2O4S. The van der Waals surface area contributed by atoms with Crippen LogP contribution in [0.25, 0.3) is 0 Å². The Balaban J connectivity index is 2.00. The summed E-state index contributed by atoms with van der Waals surface area (Å²) in [6, 6.07) is 7.08. The van der Waals surface area contributed by atoms with Gasteiger partial charge in [0.25, 0.3) is 0 Å². The summed E-state index contributed by atoms with van der Waals surface area (Å²) < 4.78 is 23.0. The summed E-state index contributed by atoms with van der Waals surface area (Å²) in [4.78, 5) is 24.9. The molecule has 138 valence electrons. The second-order valence-electron chi connectivity index (χ2n) is 7.43. The molecule has 1 aliphatic rings. The number of carbonyl (C=O) groups excluding carboxylic acids is 2. The number of hydrogen-bond acceptors (Lipinski definition) is 4. The Morgan fingerprint density at radius 1 is 1.12 bits per heavy atom. The quantitative estimate of drug-likeness (QED) is 0.781. The third-order valence-electron chi connectivity index (χ3n) is 4.54. The van der Waals surface area contributed by atoms with Crippen molar-refractivity contribution in [1.29, 1.82) is 0 Å². The van der Waals surface area contributed by atoms with Crippen molar-refractivity contribution in [3.63, 3.8) is 0 Å². The second kappa shape index (κ2) is 7.15. The van der Waals surface area contributed by atoms with Crippen molar-refractivity contribution in [1.82, 2.24) is 5.32 Å². The molecule has 1 aliphatic heterocycles. The fraction of sp³-hybridized carbons (Fsp3) is 0.556. The van der Waals surface area contributed by atoms with Gasteiger partial charge in [0.05, 0.1) is 11.5 Å². The van der Waals surface area contributed by atoms with Crippen molar-refractivity contribution in [3.05, 3.63) is 29.8 Å². The van der Waals surface area contributed by atoms with Crippen molar-refractivity contribution in [3.8, 4) is 0 Å². The van der Waals surface area contributed by atoms with Gasteiger partial charge in [-0.25, -0.2) is 8.42 Å². The van der Waals surface area contributed by atoms with E-state index in [-0.39, 0.29) is 11.5 Å². The minimum Gasteiger partial charge on any atom is -0.351 e. The SMILES string of the molecule is CC(C)c1ccc(NC(=O)C(C)(C)C(=O)NC2CCS(=O)(=O)C2)cc1. The van der Waals surface area contributed by atoms with Crippen LogP contribution in [0.1, 0.15) is 45.6 Å². The van der Waals surface area contributed by atoms with Crippen LogP contribution >= 0.6 is 0 Å². The summed E-state index contributed by atoms with van der Waals surface area (Å²) in [5.41, 5.74) is 0.486. The van der Waals surface area contributed by atoms with E-state index in [9.17, 15) is 18.0 Å². The maximum atomic E-state index is 12.5. The fourth-order valence-electron chi connectivity index (χ4n) is 2.62. The molecule has 25 heavy (non-hydrogen) atoms. The molecule has 2 N–H and O–H groups in total. The van der Waals surface area contributed by atoms with E-state index in [1.807, 2.05) is 24.3 Å². The zero-order valence-electron chi connectivity index (χ0n) is 15.1. The van der Waals surface area contributed by atoms with E-state index >= 15 is 0 Å². The summed E-state index contributed by atoms with van der Waals surface area (Å²) in [5, 5.41) is 5.44.